The molecule has 0 aromatic carbocycles. The quantitative estimate of drug-likeness (QED) is 0.779. The van der Waals surface area contributed by atoms with Gasteiger partial charge < -0.3 is 5.73 Å². The first-order valence-corrected chi connectivity index (χ1v) is 6.27. The molecule has 0 aliphatic heterocycles. The zero-order valence-corrected chi connectivity index (χ0v) is 10.7. The van der Waals surface area contributed by atoms with Crippen LogP contribution in [0.1, 0.15) is 29.7 Å². The highest BCUT2D eigenvalue weighted by Gasteiger charge is 2.02. The van der Waals surface area contributed by atoms with Crippen molar-refractivity contribution in [1.82, 2.24) is 20.0 Å². The van der Waals surface area contributed by atoms with Gasteiger partial charge in [0.25, 0.3) is 0 Å². The van der Waals surface area contributed by atoms with Crippen molar-refractivity contribution in [3.63, 3.8) is 0 Å². The Morgan fingerprint density at radius 2 is 2.17 bits per heavy atom. The number of nitrogens with two attached hydrogens (primary N) is 1. The molecule has 96 valence electrons. The summed E-state index contributed by atoms with van der Waals surface area (Å²) in [4.78, 5) is 4.17. The highest BCUT2D eigenvalue weighted by Crippen LogP contribution is 2.05. The molecule has 0 atom stereocenters. The van der Waals surface area contributed by atoms with Gasteiger partial charge in [-0.2, -0.15) is 0 Å². The first kappa shape index (κ1) is 12.7. The minimum Gasteiger partial charge on any atom is -0.330 e. The highest BCUT2D eigenvalue weighted by molar-refractivity contribution is 5.16. The van der Waals surface area contributed by atoms with Crippen LogP contribution in [0.15, 0.2) is 24.7 Å². The van der Waals surface area contributed by atoms with Gasteiger partial charge in [0, 0.05) is 18.6 Å². The number of pyridine rings is 1. The van der Waals surface area contributed by atoms with E-state index in [9.17, 15) is 0 Å². The summed E-state index contributed by atoms with van der Waals surface area (Å²) in [5.74, 6) is 0. The Balaban J connectivity index is 1.94. The van der Waals surface area contributed by atoms with E-state index in [0.717, 1.165) is 49.2 Å². The summed E-state index contributed by atoms with van der Waals surface area (Å²) in [5.41, 5.74) is 8.81. The summed E-state index contributed by atoms with van der Waals surface area (Å²) in [6.07, 6.45) is 8.77. The SMILES string of the molecule is Cc1cncc(Cn2cc(CCCCN)nn2)c1. The molecule has 0 radical (unpaired) electrons. The summed E-state index contributed by atoms with van der Waals surface area (Å²) in [6, 6.07) is 2.11. The molecule has 0 saturated heterocycles. The summed E-state index contributed by atoms with van der Waals surface area (Å²) >= 11 is 0. The molecule has 0 bridgehead atoms. The van der Waals surface area contributed by atoms with Gasteiger partial charge in [0.1, 0.15) is 0 Å². The van der Waals surface area contributed by atoms with E-state index in [1.54, 1.807) is 0 Å². The number of aromatic nitrogens is 4. The molecule has 0 fully saturated rings. The second kappa shape index (κ2) is 6.26. The van der Waals surface area contributed by atoms with Gasteiger partial charge in [0.2, 0.25) is 0 Å². The lowest BCUT2D eigenvalue weighted by molar-refractivity contribution is 0.647. The smallest absolute Gasteiger partial charge is 0.0827 e. The van der Waals surface area contributed by atoms with Gasteiger partial charge in [-0.05, 0) is 43.9 Å². The molecule has 2 N–H and O–H groups in total. The number of hydrogen-bond donors (Lipinski definition) is 1. The Labute approximate surface area is 107 Å². The second-order valence-corrected chi connectivity index (χ2v) is 4.52. The van der Waals surface area contributed by atoms with E-state index < -0.39 is 0 Å². The largest absolute Gasteiger partial charge is 0.330 e. The molecule has 2 aromatic heterocycles. The third-order valence-corrected chi connectivity index (χ3v) is 2.75. The maximum Gasteiger partial charge on any atom is 0.0827 e. The van der Waals surface area contributed by atoms with Crippen molar-refractivity contribution in [2.75, 3.05) is 6.54 Å². The molecule has 0 saturated carbocycles. The van der Waals surface area contributed by atoms with Crippen molar-refractivity contribution in [2.45, 2.75) is 32.7 Å². The lowest BCUT2D eigenvalue weighted by atomic mass is 10.2. The first-order chi connectivity index (χ1) is 8.78. The Morgan fingerprint density at radius 1 is 1.28 bits per heavy atom. The van der Waals surface area contributed by atoms with Crippen molar-refractivity contribution < 1.29 is 0 Å². The van der Waals surface area contributed by atoms with Gasteiger partial charge >= 0.3 is 0 Å². The van der Waals surface area contributed by atoms with E-state index in [1.807, 2.05) is 30.2 Å². The van der Waals surface area contributed by atoms with Crippen LogP contribution in [-0.4, -0.2) is 26.5 Å². The Hall–Kier alpha value is -1.75. The van der Waals surface area contributed by atoms with Crippen LogP contribution in [0.2, 0.25) is 0 Å². The first-order valence-electron chi connectivity index (χ1n) is 6.27. The zero-order chi connectivity index (χ0) is 12.8. The second-order valence-electron chi connectivity index (χ2n) is 4.52. The van der Waals surface area contributed by atoms with Gasteiger partial charge in [0.05, 0.1) is 12.2 Å². The van der Waals surface area contributed by atoms with Crippen molar-refractivity contribution in [3.05, 3.63) is 41.5 Å². The molecule has 2 heterocycles. The average molecular weight is 245 g/mol. The molecule has 0 aliphatic rings. The third kappa shape index (κ3) is 3.63. The number of hydrogen-bond acceptors (Lipinski definition) is 4. The van der Waals surface area contributed by atoms with Crippen LogP contribution in [0, 0.1) is 6.92 Å². The predicted octanol–water partition coefficient (Wildman–Crippen LogP) is 1.31. The van der Waals surface area contributed by atoms with E-state index in [-0.39, 0.29) is 0 Å². The molecule has 2 aromatic rings. The Bertz CT molecular complexity index is 492. The fraction of sp³-hybridized carbons (Fsp3) is 0.462. The lowest BCUT2D eigenvalue weighted by Crippen LogP contribution is -2.01. The normalized spacial score (nSPS) is 10.8. The molecular weight excluding hydrogens is 226 g/mol. The summed E-state index contributed by atoms with van der Waals surface area (Å²) < 4.78 is 1.86. The van der Waals surface area contributed by atoms with Crippen LogP contribution < -0.4 is 5.73 Å². The lowest BCUT2D eigenvalue weighted by Gasteiger charge is -2.01. The standard InChI is InChI=1S/C13H19N5/c1-11-6-12(8-15-7-11)9-18-10-13(16-17-18)4-2-3-5-14/h6-8,10H,2-5,9,14H2,1H3. The van der Waals surface area contributed by atoms with Crippen LogP contribution in [0.25, 0.3) is 0 Å². The molecule has 18 heavy (non-hydrogen) atoms. The molecule has 0 aliphatic carbocycles. The van der Waals surface area contributed by atoms with E-state index in [1.165, 1.54) is 0 Å². The highest BCUT2D eigenvalue weighted by atomic mass is 15.4. The summed E-state index contributed by atoms with van der Waals surface area (Å²) in [5, 5.41) is 8.29. The van der Waals surface area contributed by atoms with E-state index >= 15 is 0 Å². The third-order valence-electron chi connectivity index (χ3n) is 2.75. The predicted molar refractivity (Wildman–Crippen MR) is 70.1 cm³/mol. The van der Waals surface area contributed by atoms with Crippen LogP contribution >= 0.6 is 0 Å². The Morgan fingerprint density at radius 3 is 2.94 bits per heavy atom. The average Bonchev–Trinajstić information content (AvgIpc) is 2.77. The number of unbranched alkanes of at least 4 members (excludes halogenated alkanes) is 1. The van der Waals surface area contributed by atoms with Gasteiger partial charge in [-0.3, -0.25) is 4.98 Å². The van der Waals surface area contributed by atoms with Crippen molar-refractivity contribution in [1.29, 1.82) is 0 Å². The Kier molecular flexibility index (Phi) is 4.41. The maximum absolute atomic E-state index is 5.47. The monoisotopic (exact) mass is 245 g/mol. The molecular formula is C13H19N5. The minimum absolute atomic E-state index is 0.721. The number of rotatable bonds is 6. The van der Waals surface area contributed by atoms with Gasteiger partial charge in [-0.1, -0.05) is 11.3 Å². The zero-order valence-electron chi connectivity index (χ0n) is 10.7. The minimum atomic E-state index is 0.721. The molecule has 0 unspecified atom stereocenters. The van der Waals surface area contributed by atoms with Crippen LogP contribution in [0.3, 0.4) is 0 Å². The van der Waals surface area contributed by atoms with E-state index in [2.05, 4.69) is 21.4 Å². The molecule has 0 amide bonds. The number of nitrogens with zero attached hydrogens (tertiary/aromatic N) is 4. The fourth-order valence-corrected chi connectivity index (χ4v) is 1.87. The van der Waals surface area contributed by atoms with Crippen LogP contribution in [-0.2, 0) is 13.0 Å². The summed E-state index contributed by atoms with van der Waals surface area (Å²) in [6.45, 7) is 3.50. The summed E-state index contributed by atoms with van der Waals surface area (Å²) in [7, 11) is 0. The molecule has 0 spiro atoms. The van der Waals surface area contributed by atoms with E-state index in [4.69, 9.17) is 5.73 Å². The van der Waals surface area contributed by atoms with Crippen molar-refractivity contribution >= 4 is 0 Å². The molecule has 5 heteroatoms. The van der Waals surface area contributed by atoms with Crippen LogP contribution in [0.4, 0.5) is 0 Å². The van der Waals surface area contributed by atoms with Gasteiger partial charge in [0.15, 0.2) is 0 Å². The van der Waals surface area contributed by atoms with Crippen LogP contribution in [0.5, 0.6) is 0 Å². The van der Waals surface area contributed by atoms with Gasteiger partial charge in [-0.25, -0.2) is 4.68 Å². The van der Waals surface area contributed by atoms with Crippen molar-refractivity contribution in [3.8, 4) is 0 Å². The maximum atomic E-state index is 5.47. The number of aryl methyl sites for hydroxylation is 2. The topological polar surface area (TPSA) is 69.6 Å². The fourth-order valence-electron chi connectivity index (χ4n) is 1.87. The molecule has 5 nitrogen and oxygen atoms in total. The van der Waals surface area contributed by atoms with Crippen molar-refractivity contribution in [2.24, 2.45) is 5.73 Å². The van der Waals surface area contributed by atoms with Gasteiger partial charge in [-0.15, -0.1) is 5.10 Å². The molecule has 2 rings (SSSR count). The van der Waals surface area contributed by atoms with E-state index in [0.29, 0.717) is 0 Å².